The Morgan fingerprint density at radius 1 is 1.26 bits per heavy atom. The molecule has 0 unspecified atom stereocenters. The van der Waals surface area contributed by atoms with Crippen molar-refractivity contribution in [2.45, 2.75) is 26.3 Å². The molecule has 1 amide bonds. The maximum Gasteiger partial charge on any atom is 0.307 e. The van der Waals surface area contributed by atoms with E-state index in [1.165, 1.54) is 22.5 Å². The van der Waals surface area contributed by atoms with Crippen LogP contribution in [0.4, 0.5) is 0 Å². The van der Waals surface area contributed by atoms with Crippen molar-refractivity contribution in [3.05, 3.63) is 62.7 Å². The van der Waals surface area contributed by atoms with E-state index >= 15 is 0 Å². The summed E-state index contributed by atoms with van der Waals surface area (Å²) in [5.74, 6) is 0.117. The van der Waals surface area contributed by atoms with Crippen LogP contribution in [0, 0.1) is 6.92 Å². The van der Waals surface area contributed by atoms with E-state index in [4.69, 9.17) is 0 Å². The van der Waals surface area contributed by atoms with Gasteiger partial charge in [0.25, 0.3) is 0 Å². The molecule has 2 aromatic rings. The van der Waals surface area contributed by atoms with Crippen LogP contribution in [0.15, 0.2) is 46.6 Å². The molecule has 0 bridgehead atoms. The number of carbonyl (C=O) groups excluding carboxylic acids is 1. The SMILES string of the molecule is Cc1csc(=O)n1CCC(=O)N1CC=C(c2ccccc2)CC1. The number of aryl methyl sites for hydroxylation is 1. The highest BCUT2D eigenvalue weighted by Gasteiger charge is 2.18. The van der Waals surface area contributed by atoms with Gasteiger partial charge in [-0.05, 0) is 24.5 Å². The summed E-state index contributed by atoms with van der Waals surface area (Å²) in [6.45, 7) is 3.77. The Balaban J connectivity index is 1.58. The summed E-state index contributed by atoms with van der Waals surface area (Å²) in [6, 6.07) is 10.3. The molecule has 23 heavy (non-hydrogen) atoms. The minimum absolute atomic E-state index is 0.0141. The maximum absolute atomic E-state index is 12.3. The lowest BCUT2D eigenvalue weighted by molar-refractivity contribution is -0.131. The van der Waals surface area contributed by atoms with Crippen molar-refractivity contribution in [1.82, 2.24) is 9.47 Å². The van der Waals surface area contributed by atoms with Gasteiger partial charge in [0.1, 0.15) is 0 Å². The maximum atomic E-state index is 12.3. The van der Waals surface area contributed by atoms with Crippen molar-refractivity contribution in [1.29, 1.82) is 0 Å². The predicted molar refractivity (Wildman–Crippen MR) is 93.5 cm³/mol. The van der Waals surface area contributed by atoms with Gasteiger partial charge in [-0.3, -0.25) is 9.59 Å². The number of carbonyl (C=O) groups is 1. The van der Waals surface area contributed by atoms with E-state index in [0.29, 0.717) is 19.5 Å². The molecule has 0 saturated carbocycles. The molecule has 0 N–H and O–H groups in total. The van der Waals surface area contributed by atoms with E-state index < -0.39 is 0 Å². The van der Waals surface area contributed by atoms with Gasteiger partial charge >= 0.3 is 4.87 Å². The average Bonchev–Trinajstić information content (AvgIpc) is 2.92. The third-order valence-electron chi connectivity index (χ3n) is 4.23. The number of benzene rings is 1. The highest BCUT2D eigenvalue weighted by Crippen LogP contribution is 2.22. The third-order valence-corrected chi connectivity index (χ3v) is 5.11. The van der Waals surface area contributed by atoms with E-state index in [1.54, 1.807) is 4.57 Å². The largest absolute Gasteiger partial charge is 0.339 e. The Labute approximate surface area is 139 Å². The molecule has 0 spiro atoms. The van der Waals surface area contributed by atoms with E-state index in [0.717, 1.165) is 18.7 Å². The topological polar surface area (TPSA) is 42.3 Å². The highest BCUT2D eigenvalue weighted by atomic mass is 32.1. The summed E-state index contributed by atoms with van der Waals surface area (Å²) in [7, 11) is 0. The predicted octanol–water partition coefficient (Wildman–Crippen LogP) is 2.92. The van der Waals surface area contributed by atoms with Gasteiger partial charge in [-0.15, -0.1) is 0 Å². The first-order valence-corrected chi connectivity index (χ1v) is 8.70. The number of hydrogen-bond donors (Lipinski definition) is 0. The minimum Gasteiger partial charge on any atom is -0.339 e. The fourth-order valence-electron chi connectivity index (χ4n) is 2.85. The van der Waals surface area contributed by atoms with Crippen molar-refractivity contribution in [2.24, 2.45) is 0 Å². The van der Waals surface area contributed by atoms with Gasteiger partial charge in [0.2, 0.25) is 5.91 Å². The first kappa shape index (κ1) is 15.7. The number of amides is 1. The smallest absolute Gasteiger partial charge is 0.307 e. The van der Waals surface area contributed by atoms with Gasteiger partial charge < -0.3 is 9.47 Å². The first-order valence-electron chi connectivity index (χ1n) is 7.82. The lowest BCUT2D eigenvalue weighted by atomic mass is 9.99. The molecule has 0 fully saturated rings. The van der Waals surface area contributed by atoms with Crippen LogP contribution < -0.4 is 4.87 Å². The Morgan fingerprint density at radius 2 is 2.04 bits per heavy atom. The monoisotopic (exact) mass is 328 g/mol. The van der Waals surface area contributed by atoms with Crippen LogP contribution in [-0.4, -0.2) is 28.5 Å². The lowest BCUT2D eigenvalue weighted by Gasteiger charge is -2.27. The number of aromatic nitrogens is 1. The molecule has 0 atom stereocenters. The molecule has 4 nitrogen and oxygen atoms in total. The van der Waals surface area contributed by atoms with Crippen LogP contribution >= 0.6 is 11.3 Å². The van der Waals surface area contributed by atoms with Gasteiger partial charge in [0.05, 0.1) is 0 Å². The molecule has 1 aromatic carbocycles. The molecule has 0 aliphatic carbocycles. The molecule has 120 valence electrons. The third kappa shape index (κ3) is 3.62. The number of nitrogens with zero attached hydrogens (tertiary/aromatic N) is 2. The zero-order valence-electron chi connectivity index (χ0n) is 13.2. The molecule has 1 aliphatic rings. The number of rotatable bonds is 4. The summed E-state index contributed by atoms with van der Waals surface area (Å²) in [6.07, 6.45) is 3.40. The Kier molecular flexibility index (Phi) is 4.76. The molecular weight excluding hydrogens is 308 g/mol. The molecule has 1 aromatic heterocycles. The van der Waals surface area contributed by atoms with Crippen LogP contribution in [0.3, 0.4) is 0 Å². The van der Waals surface area contributed by atoms with Gasteiger partial charge in [-0.25, -0.2) is 0 Å². The first-order chi connectivity index (χ1) is 11.1. The molecule has 5 heteroatoms. The molecular formula is C18H20N2O2S. The zero-order valence-corrected chi connectivity index (χ0v) is 14.0. The lowest BCUT2D eigenvalue weighted by Crippen LogP contribution is -2.35. The number of hydrogen-bond acceptors (Lipinski definition) is 3. The fraction of sp³-hybridized carbons (Fsp3) is 0.333. The van der Waals surface area contributed by atoms with Crippen LogP contribution in [-0.2, 0) is 11.3 Å². The summed E-state index contributed by atoms with van der Waals surface area (Å²) in [4.78, 5) is 25.9. The van der Waals surface area contributed by atoms with E-state index in [2.05, 4.69) is 18.2 Å². The summed E-state index contributed by atoms with van der Waals surface area (Å²) >= 11 is 1.19. The summed E-state index contributed by atoms with van der Waals surface area (Å²) < 4.78 is 1.68. The van der Waals surface area contributed by atoms with Crippen molar-refractivity contribution >= 4 is 22.8 Å². The minimum atomic E-state index is 0.0141. The van der Waals surface area contributed by atoms with Crippen LogP contribution in [0.25, 0.3) is 5.57 Å². The van der Waals surface area contributed by atoms with E-state index in [9.17, 15) is 9.59 Å². The molecule has 2 heterocycles. The summed E-state index contributed by atoms with van der Waals surface area (Å²) in [5.41, 5.74) is 3.47. The van der Waals surface area contributed by atoms with Crippen LogP contribution in [0.1, 0.15) is 24.1 Å². The van der Waals surface area contributed by atoms with Crippen molar-refractivity contribution in [3.63, 3.8) is 0 Å². The molecule has 0 radical (unpaired) electrons. The Morgan fingerprint density at radius 3 is 2.65 bits per heavy atom. The Bertz CT molecular complexity index is 774. The second-order valence-electron chi connectivity index (χ2n) is 5.73. The highest BCUT2D eigenvalue weighted by molar-refractivity contribution is 7.07. The second kappa shape index (κ2) is 6.96. The van der Waals surface area contributed by atoms with Gasteiger partial charge in [0, 0.05) is 37.1 Å². The van der Waals surface area contributed by atoms with Crippen molar-refractivity contribution in [3.8, 4) is 0 Å². The van der Waals surface area contributed by atoms with Gasteiger partial charge in [-0.2, -0.15) is 0 Å². The van der Waals surface area contributed by atoms with Crippen LogP contribution in [0.2, 0.25) is 0 Å². The normalized spacial score (nSPS) is 14.7. The average molecular weight is 328 g/mol. The van der Waals surface area contributed by atoms with Gasteiger partial charge in [-0.1, -0.05) is 47.7 Å². The fourth-order valence-corrected chi connectivity index (χ4v) is 3.61. The zero-order chi connectivity index (χ0) is 16.2. The molecule has 1 aliphatic heterocycles. The van der Waals surface area contributed by atoms with E-state index in [-0.39, 0.29) is 10.8 Å². The molecule has 0 saturated heterocycles. The van der Waals surface area contributed by atoms with Crippen molar-refractivity contribution < 1.29 is 4.79 Å². The van der Waals surface area contributed by atoms with E-state index in [1.807, 2.05) is 35.4 Å². The summed E-state index contributed by atoms with van der Waals surface area (Å²) in [5, 5.41) is 1.84. The Hall–Kier alpha value is -2.14. The standard InChI is InChI=1S/C18H20N2O2S/c1-14-13-23-18(22)20(14)12-9-17(21)19-10-7-16(8-11-19)15-5-3-2-4-6-15/h2-7,13H,8-12H2,1H3. The quantitative estimate of drug-likeness (QED) is 0.866. The van der Waals surface area contributed by atoms with Crippen LogP contribution in [0.5, 0.6) is 0 Å². The second-order valence-corrected chi connectivity index (χ2v) is 6.55. The number of thiazole rings is 1. The molecule has 3 rings (SSSR count). The van der Waals surface area contributed by atoms with Gasteiger partial charge in [0.15, 0.2) is 0 Å². The van der Waals surface area contributed by atoms with Crippen molar-refractivity contribution in [2.75, 3.05) is 13.1 Å².